The van der Waals surface area contributed by atoms with Crippen LogP contribution in [0.3, 0.4) is 0 Å². The van der Waals surface area contributed by atoms with E-state index >= 15 is 0 Å². The summed E-state index contributed by atoms with van der Waals surface area (Å²) >= 11 is 1.63. The Morgan fingerprint density at radius 2 is 1.79 bits per heavy atom. The third-order valence-electron chi connectivity index (χ3n) is 5.18. The summed E-state index contributed by atoms with van der Waals surface area (Å²) in [5.41, 5.74) is 7.55. The maximum absolute atomic E-state index is 12.4. The smallest absolute Gasteiger partial charge is 0.270 e. The van der Waals surface area contributed by atoms with Crippen molar-refractivity contribution >= 4 is 27.0 Å². The molecule has 0 aliphatic heterocycles. The van der Waals surface area contributed by atoms with Gasteiger partial charge in [-0.15, -0.1) is 21.5 Å². The summed E-state index contributed by atoms with van der Waals surface area (Å²) in [6.45, 7) is 5.48. The normalized spacial score (nSPS) is 11.9. The van der Waals surface area contributed by atoms with Gasteiger partial charge < -0.3 is 10.2 Å². The Morgan fingerprint density at radius 1 is 1.06 bits per heavy atom. The predicted octanol–water partition coefficient (Wildman–Crippen LogP) is 5.03. The lowest BCUT2D eigenvalue weighted by molar-refractivity contribution is 0.583. The van der Waals surface area contributed by atoms with Crippen molar-refractivity contribution in [3.63, 3.8) is 0 Å². The first-order valence-electron chi connectivity index (χ1n) is 10.7. The zero-order valence-corrected chi connectivity index (χ0v) is 20.3. The van der Waals surface area contributed by atoms with Crippen molar-refractivity contribution in [3.05, 3.63) is 47.5 Å². The molecule has 0 saturated heterocycles. The molecule has 0 saturated carbocycles. The van der Waals surface area contributed by atoms with Crippen molar-refractivity contribution in [2.24, 2.45) is 0 Å². The van der Waals surface area contributed by atoms with E-state index in [9.17, 15) is 8.42 Å². The quantitative estimate of drug-likeness (QED) is 0.370. The first kappa shape index (κ1) is 23.1. The summed E-state index contributed by atoms with van der Waals surface area (Å²) in [4.78, 5) is 11.2. The number of rotatable bonds is 8. The van der Waals surface area contributed by atoms with Crippen LogP contribution in [0.1, 0.15) is 38.5 Å². The fourth-order valence-electron chi connectivity index (χ4n) is 3.18. The number of aromatic nitrogens is 4. The molecule has 0 aliphatic carbocycles. The minimum absolute atomic E-state index is 0.169. The molecule has 8 nitrogen and oxygen atoms in total. The Hall–Kier alpha value is -3.11. The second kappa shape index (κ2) is 9.40. The van der Waals surface area contributed by atoms with Crippen LogP contribution in [0.5, 0.6) is 0 Å². The molecule has 0 amide bonds. The zero-order valence-electron chi connectivity index (χ0n) is 18.6. The number of nitrogen functional groups attached to an aromatic ring is 1. The first-order chi connectivity index (χ1) is 15.8. The van der Waals surface area contributed by atoms with Crippen molar-refractivity contribution in [2.45, 2.75) is 50.2 Å². The number of thiophene rings is 1. The van der Waals surface area contributed by atoms with Crippen molar-refractivity contribution in [3.8, 4) is 33.6 Å². The fourth-order valence-corrected chi connectivity index (χ4v) is 5.21. The highest BCUT2D eigenvalue weighted by Crippen LogP contribution is 2.32. The lowest BCUT2D eigenvalue weighted by Crippen LogP contribution is -2.13. The molecule has 0 bridgehead atoms. The van der Waals surface area contributed by atoms with E-state index in [-0.39, 0.29) is 22.3 Å². The second-order valence-corrected chi connectivity index (χ2v) is 11.6. The molecule has 0 spiro atoms. The Bertz CT molecular complexity index is 1360. The molecule has 4 rings (SSSR count). The second-order valence-electron chi connectivity index (χ2n) is 7.89. The zero-order chi connectivity index (χ0) is 23.6. The molecular weight excluding hydrogens is 458 g/mol. The number of unbranched alkanes of at least 4 members (excludes halogenated alkanes) is 1. The molecule has 3 aromatic heterocycles. The highest BCUT2D eigenvalue weighted by atomic mass is 32.2. The van der Waals surface area contributed by atoms with Crippen molar-refractivity contribution in [2.75, 3.05) is 5.73 Å². The van der Waals surface area contributed by atoms with Gasteiger partial charge in [0.05, 0.1) is 26.9 Å². The van der Waals surface area contributed by atoms with E-state index in [2.05, 4.69) is 33.2 Å². The van der Waals surface area contributed by atoms with Gasteiger partial charge in [0.2, 0.25) is 0 Å². The Balaban J connectivity index is 1.62. The van der Waals surface area contributed by atoms with Gasteiger partial charge >= 0.3 is 0 Å². The number of sulfone groups is 1. The Labute approximate surface area is 196 Å². The number of nitrogens with zero attached hydrogens (tertiary/aromatic N) is 4. The van der Waals surface area contributed by atoms with E-state index in [0.717, 1.165) is 24.1 Å². The van der Waals surface area contributed by atoms with E-state index in [1.807, 2.05) is 6.07 Å². The highest BCUT2D eigenvalue weighted by Gasteiger charge is 2.20. The van der Waals surface area contributed by atoms with Gasteiger partial charge in [-0.3, -0.25) is 0 Å². The van der Waals surface area contributed by atoms with Gasteiger partial charge in [0.1, 0.15) is 0 Å². The fraction of sp³-hybridized carbons (Fsp3) is 0.304. The van der Waals surface area contributed by atoms with E-state index in [1.165, 1.54) is 11.1 Å². The first-order valence-corrected chi connectivity index (χ1v) is 13.1. The van der Waals surface area contributed by atoms with Crippen molar-refractivity contribution < 1.29 is 12.8 Å². The SMILES string of the molecule is CCCCc1ccc(-c2nnc(-c3nc(-c4ccc(S(=O)(=O)C(C)C)cc4)cnc3N)o2)s1. The average Bonchev–Trinajstić information content (AvgIpc) is 3.48. The van der Waals surface area contributed by atoms with Gasteiger partial charge in [0, 0.05) is 10.4 Å². The molecule has 1 aromatic carbocycles. The van der Waals surface area contributed by atoms with Gasteiger partial charge in [-0.1, -0.05) is 25.5 Å². The highest BCUT2D eigenvalue weighted by molar-refractivity contribution is 7.92. The molecule has 33 heavy (non-hydrogen) atoms. The summed E-state index contributed by atoms with van der Waals surface area (Å²) in [6, 6.07) is 10.6. The summed E-state index contributed by atoms with van der Waals surface area (Å²) in [7, 11) is -3.35. The average molecular weight is 484 g/mol. The number of nitrogens with two attached hydrogens (primary N) is 1. The van der Waals surface area contributed by atoms with Gasteiger partial charge in [-0.25, -0.2) is 18.4 Å². The molecular formula is C23H25N5O3S2. The summed E-state index contributed by atoms with van der Waals surface area (Å²) in [6.07, 6.45) is 4.84. The molecule has 0 unspecified atom stereocenters. The topological polar surface area (TPSA) is 125 Å². The number of hydrogen-bond donors (Lipinski definition) is 1. The molecule has 172 valence electrons. The van der Waals surface area contributed by atoms with E-state index in [1.54, 1.807) is 49.4 Å². The van der Waals surface area contributed by atoms with Gasteiger partial charge in [0.15, 0.2) is 21.3 Å². The lowest BCUT2D eigenvalue weighted by Gasteiger charge is -2.09. The Morgan fingerprint density at radius 3 is 2.48 bits per heavy atom. The van der Waals surface area contributed by atoms with Crippen LogP contribution in [0.4, 0.5) is 5.82 Å². The van der Waals surface area contributed by atoms with Crippen molar-refractivity contribution in [1.82, 2.24) is 20.2 Å². The van der Waals surface area contributed by atoms with Crippen LogP contribution in [-0.2, 0) is 16.3 Å². The van der Waals surface area contributed by atoms with Gasteiger partial charge in [-0.2, -0.15) is 0 Å². The molecule has 4 aromatic rings. The van der Waals surface area contributed by atoms with Crippen molar-refractivity contribution in [1.29, 1.82) is 0 Å². The monoisotopic (exact) mass is 483 g/mol. The Kier molecular flexibility index (Phi) is 6.57. The number of hydrogen-bond acceptors (Lipinski definition) is 9. The number of benzene rings is 1. The van der Waals surface area contributed by atoms with Crippen LogP contribution >= 0.6 is 11.3 Å². The third kappa shape index (κ3) is 4.81. The molecule has 0 radical (unpaired) electrons. The largest absolute Gasteiger partial charge is 0.414 e. The summed E-state index contributed by atoms with van der Waals surface area (Å²) in [5.74, 6) is 0.759. The third-order valence-corrected chi connectivity index (χ3v) is 8.48. The number of anilines is 1. The van der Waals surface area contributed by atoms with E-state index < -0.39 is 15.1 Å². The molecule has 0 fully saturated rings. The lowest BCUT2D eigenvalue weighted by atomic mass is 10.1. The molecule has 10 heteroatoms. The molecule has 0 aliphatic rings. The minimum Gasteiger partial charge on any atom is -0.414 e. The number of aryl methyl sites for hydroxylation is 1. The predicted molar refractivity (Wildman–Crippen MR) is 129 cm³/mol. The minimum atomic E-state index is -3.35. The van der Waals surface area contributed by atoms with Crippen LogP contribution in [0.2, 0.25) is 0 Å². The van der Waals surface area contributed by atoms with Gasteiger partial charge in [-0.05, 0) is 51.0 Å². The van der Waals surface area contributed by atoms with E-state index in [4.69, 9.17) is 10.2 Å². The van der Waals surface area contributed by atoms with Crippen LogP contribution in [0.15, 0.2) is 51.9 Å². The van der Waals surface area contributed by atoms with Crippen LogP contribution < -0.4 is 5.73 Å². The van der Waals surface area contributed by atoms with Crippen LogP contribution in [0, 0.1) is 0 Å². The maximum atomic E-state index is 12.4. The summed E-state index contributed by atoms with van der Waals surface area (Å²) in [5, 5.41) is 7.79. The van der Waals surface area contributed by atoms with E-state index in [0.29, 0.717) is 17.1 Å². The molecule has 2 N–H and O–H groups in total. The van der Waals surface area contributed by atoms with Crippen LogP contribution in [0.25, 0.3) is 33.6 Å². The molecule has 3 heterocycles. The van der Waals surface area contributed by atoms with Gasteiger partial charge in [0.25, 0.3) is 11.8 Å². The maximum Gasteiger partial charge on any atom is 0.270 e. The van der Waals surface area contributed by atoms with Crippen LogP contribution in [-0.4, -0.2) is 33.8 Å². The summed E-state index contributed by atoms with van der Waals surface area (Å²) < 4.78 is 30.6. The standard InChI is InChI=1S/C23H25N5O3S2/c1-4-5-6-16-9-12-19(32-16)22-27-28-23(31-22)20-21(24)25-13-18(26-20)15-7-10-17(11-8-15)33(29,30)14(2)3/h7-14H,4-6H2,1-3H3,(H2,24,25). The molecule has 0 atom stereocenters.